The van der Waals surface area contributed by atoms with Gasteiger partial charge >= 0.3 is 352 Å². The van der Waals surface area contributed by atoms with Crippen LogP contribution in [-0.2, 0) is 0 Å². The molecule has 0 spiro atoms. The Labute approximate surface area is 349 Å². The molecule has 0 bridgehead atoms. The van der Waals surface area contributed by atoms with Crippen molar-refractivity contribution in [2.75, 3.05) is 16.7 Å². The van der Waals surface area contributed by atoms with Crippen molar-refractivity contribution in [2.24, 2.45) is 0 Å². The zero-order valence-electron chi connectivity index (χ0n) is 32.2. The summed E-state index contributed by atoms with van der Waals surface area (Å²) < 4.78 is 5.25. The van der Waals surface area contributed by atoms with E-state index in [-0.39, 0.29) is 0 Å². The first kappa shape index (κ1) is 40.1. The SMILES string of the molecule is c1ccc(P([CH2][Sn]([CH2]P(c2ccccc2)c2ccccc2)([CH2]P(c2ccccc2)c2ccccc2)[CH2]P(c2ccccc2)c2ccccc2)c2ccccc2)cc1. The standard InChI is InChI=1S/4C13H12P.Sn/c4*1-14(12-8-4-2-5-9-12)13-10-6-3-7-11-13;/h4*2-11H,1H2;. The van der Waals surface area contributed by atoms with Gasteiger partial charge in [0.2, 0.25) is 0 Å². The van der Waals surface area contributed by atoms with Gasteiger partial charge in [0.1, 0.15) is 0 Å². The van der Waals surface area contributed by atoms with Gasteiger partial charge in [-0.2, -0.15) is 0 Å². The first-order valence-corrected chi connectivity index (χ1v) is 33.9. The van der Waals surface area contributed by atoms with Crippen molar-refractivity contribution in [2.45, 2.75) is 0 Å². The Morgan fingerprint density at radius 3 is 0.439 bits per heavy atom. The first-order valence-electron chi connectivity index (χ1n) is 19.8. The molecule has 0 aliphatic carbocycles. The van der Waals surface area contributed by atoms with Crippen LogP contribution >= 0.6 is 31.7 Å². The fraction of sp³-hybridized carbons (Fsp3) is 0.0769. The van der Waals surface area contributed by atoms with Crippen LogP contribution in [0, 0.1) is 0 Å². The molecule has 0 saturated heterocycles. The third kappa shape index (κ3) is 10.5. The molecule has 0 fully saturated rings. The second-order valence-electron chi connectivity index (χ2n) is 14.5. The molecule has 0 aromatic heterocycles. The van der Waals surface area contributed by atoms with Crippen LogP contribution in [0.25, 0.3) is 0 Å². The predicted octanol–water partition coefficient (Wildman–Crippen LogP) is 10.1. The summed E-state index contributed by atoms with van der Waals surface area (Å²) >= 11 is -3.59. The molecule has 8 rings (SSSR count). The van der Waals surface area contributed by atoms with Crippen molar-refractivity contribution >= 4 is 92.5 Å². The normalized spacial score (nSPS) is 11.7. The minimum atomic E-state index is -3.59. The molecule has 0 aliphatic heterocycles. The molecular weight excluding hydrogens is 867 g/mol. The molecule has 0 aliphatic rings. The first-order chi connectivity index (χ1) is 28.2. The Bertz CT molecular complexity index is 1850. The van der Waals surface area contributed by atoms with Crippen LogP contribution in [0.2, 0.25) is 0 Å². The van der Waals surface area contributed by atoms with Gasteiger partial charge in [0.05, 0.1) is 0 Å². The van der Waals surface area contributed by atoms with Crippen LogP contribution in [0.1, 0.15) is 0 Å². The summed E-state index contributed by atoms with van der Waals surface area (Å²) in [5.41, 5.74) is 0. The number of hydrogen-bond acceptors (Lipinski definition) is 0. The molecule has 5 heteroatoms. The van der Waals surface area contributed by atoms with Gasteiger partial charge in [0.25, 0.3) is 0 Å². The molecule has 0 amide bonds. The fourth-order valence-corrected chi connectivity index (χ4v) is 70.7. The second kappa shape index (κ2) is 20.3. The molecule has 0 heterocycles. The van der Waals surface area contributed by atoms with E-state index in [1.165, 1.54) is 59.1 Å². The van der Waals surface area contributed by atoms with E-state index in [1.807, 2.05) is 0 Å². The molecule has 0 atom stereocenters. The van der Waals surface area contributed by atoms with E-state index in [4.69, 9.17) is 0 Å². The van der Waals surface area contributed by atoms with E-state index in [2.05, 4.69) is 243 Å². The number of benzene rings is 8. The van der Waals surface area contributed by atoms with E-state index in [0.29, 0.717) is 0 Å². The molecule has 8 aromatic rings. The Morgan fingerprint density at radius 2 is 0.316 bits per heavy atom. The van der Waals surface area contributed by atoms with Crippen molar-refractivity contribution in [1.82, 2.24) is 0 Å². The molecule has 0 radical (unpaired) electrons. The molecule has 0 nitrogen and oxygen atoms in total. The summed E-state index contributed by atoms with van der Waals surface area (Å²) in [5, 5.41) is 12.1. The molecule has 280 valence electrons. The average Bonchev–Trinajstić information content (AvgIpc) is 3.31. The van der Waals surface area contributed by atoms with Gasteiger partial charge in [-0.1, -0.05) is 0 Å². The zero-order chi connectivity index (χ0) is 38.5. The Kier molecular flexibility index (Phi) is 14.3. The van der Waals surface area contributed by atoms with Gasteiger partial charge < -0.3 is 0 Å². The van der Waals surface area contributed by atoms with Crippen LogP contribution in [0.5, 0.6) is 0 Å². The van der Waals surface area contributed by atoms with Gasteiger partial charge in [-0.25, -0.2) is 0 Å². The Morgan fingerprint density at radius 1 is 0.193 bits per heavy atom. The third-order valence-corrected chi connectivity index (χ3v) is 55.6. The molecule has 8 aromatic carbocycles. The molecule has 0 unspecified atom stereocenters. The summed E-state index contributed by atoms with van der Waals surface area (Å²) in [4.78, 5) is 0. The van der Waals surface area contributed by atoms with Crippen molar-refractivity contribution < 1.29 is 0 Å². The number of hydrogen-bond donors (Lipinski definition) is 0. The van der Waals surface area contributed by atoms with Crippen molar-refractivity contribution in [1.29, 1.82) is 0 Å². The summed E-state index contributed by atoms with van der Waals surface area (Å²) in [5.74, 6) is 0. The quantitative estimate of drug-likeness (QED) is 0.0670. The second-order valence-corrected chi connectivity index (χ2v) is 42.7. The van der Waals surface area contributed by atoms with Crippen LogP contribution < -0.4 is 42.4 Å². The van der Waals surface area contributed by atoms with Crippen LogP contribution in [0.15, 0.2) is 243 Å². The van der Waals surface area contributed by atoms with Gasteiger partial charge in [-0.15, -0.1) is 0 Å². The predicted molar refractivity (Wildman–Crippen MR) is 262 cm³/mol. The van der Waals surface area contributed by atoms with Crippen LogP contribution in [0.4, 0.5) is 0 Å². The van der Waals surface area contributed by atoms with Gasteiger partial charge in [-0.3, -0.25) is 0 Å². The third-order valence-electron chi connectivity index (χ3n) is 10.5. The zero-order valence-corrected chi connectivity index (χ0v) is 38.6. The average molecular weight is 916 g/mol. The molecule has 57 heavy (non-hydrogen) atoms. The summed E-state index contributed by atoms with van der Waals surface area (Å²) in [7, 11) is -2.48. The summed E-state index contributed by atoms with van der Waals surface area (Å²) in [6, 6.07) is 92.8. The van der Waals surface area contributed by atoms with Crippen LogP contribution in [-0.4, -0.2) is 35.1 Å². The van der Waals surface area contributed by atoms with E-state index in [1.54, 1.807) is 0 Å². The van der Waals surface area contributed by atoms with Crippen LogP contribution in [0.3, 0.4) is 0 Å². The molecular formula is C52H48P4Sn. The van der Waals surface area contributed by atoms with Crippen molar-refractivity contribution in [3.05, 3.63) is 243 Å². The monoisotopic (exact) mass is 916 g/mol. The van der Waals surface area contributed by atoms with E-state index in [0.717, 1.165) is 0 Å². The number of rotatable bonds is 16. The van der Waals surface area contributed by atoms with Gasteiger partial charge in [0, 0.05) is 0 Å². The van der Waals surface area contributed by atoms with Gasteiger partial charge in [0.15, 0.2) is 0 Å². The Hall–Kier alpha value is -3.72. The summed E-state index contributed by atoms with van der Waals surface area (Å²) in [6.07, 6.45) is 0. The topological polar surface area (TPSA) is 0 Å². The van der Waals surface area contributed by atoms with E-state index in [9.17, 15) is 0 Å². The maximum atomic E-state index is 2.43. The van der Waals surface area contributed by atoms with E-state index >= 15 is 0 Å². The molecule has 0 N–H and O–H groups in total. The van der Waals surface area contributed by atoms with E-state index < -0.39 is 50.1 Å². The van der Waals surface area contributed by atoms with Crippen molar-refractivity contribution in [3.63, 3.8) is 0 Å². The maximum absolute atomic E-state index is 3.59. The summed E-state index contributed by atoms with van der Waals surface area (Å²) in [6.45, 7) is 0. The fourth-order valence-electron chi connectivity index (χ4n) is 7.83. The molecule has 0 saturated carbocycles. The Balaban J connectivity index is 1.40. The van der Waals surface area contributed by atoms with Gasteiger partial charge in [-0.05, 0) is 0 Å². The minimum absolute atomic E-state index is 0.620. The van der Waals surface area contributed by atoms with Crippen molar-refractivity contribution in [3.8, 4) is 0 Å².